The van der Waals surface area contributed by atoms with Crippen LogP contribution in [0, 0.1) is 0 Å². The van der Waals surface area contributed by atoms with E-state index in [0.717, 1.165) is 18.4 Å². The quantitative estimate of drug-likeness (QED) is 0.183. The summed E-state index contributed by atoms with van der Waals surface area (Å²) in [4.78, 5) is 40.0. The van der Waals surface area contributed by atoms with Crippen LogP contribution in [-0.4, -0.2) is 48.1 Å². The Labute approximate surface area is 239 Å². The van der Waals surface area contributed by atoms with Crippen LogP contribution in [0.15, 0.2) is 54.6 Å². The lowest BCUT2D eigenvalue weighted by atomic mass is 9.93. The van der Waals surface area contributed by atoms with Crippen molar-refractivity contribution in [1.29, 1.82) is 0 Å². The average molecular weight is 551 g/mol. The van der Waals surface area contributed by atoms with E-state index in [4.69, 9.17) is 9.47 Å². The molecule has 7 heteroatoms. The monoisotopic (exact) mass is 550 g/mol. The topological polar surface area (TPSA) is 84.9 Å². The molecule has 1 N–H and O–H groups in total. The minimum absolute atomic E-state index is 0.00836. The molecule has 2 aromatic carbocycles. The van der Waals surface area contributed by atoms with Gasteiger partial charge in [-0.05, 0) is 49.4 Å². The number of unbranched alkanes of at least 4 members (excludes halogenated alkanes) is 7. The molecule has 1 saturated heterocycles. The fraction of sp³-hybridized carbons (Fsp3) is 0.545. The molecule has 0 aliphatic carbocycles. The van der Waals surface area contributed by atoms with Gasteiger partial charge in [0.1, 0.15) is 6.61 Å². The molecule has 40 heavy (non-hydrogen) atoms. The number of carbonyl (C=O) groups is 3. The Morgan fingerprint density at radius 3 is 2.17 bits per heavy atom. The Bertz CT molecular complexity index is 1060. The number of hydrogen-bond donors (Lipinski definition) is 1. The summed E-state index contributed by atoms with van der Waals surface area (Å²) in [6.07, 6.45) is 11.2. The van der Waals surface area contributed by atoms with E-state index in [-0.39, 0.29) is 32.1 Å². The number of hydrogen-bond acceptors (Lipinski definition) is 5. The molecule has 7 nitrogen and oxygen atoms in total. The highest BCUT2D eigenvalue weighted by Gasteiger charge is 2.44. The Morgan fingerprint density at radius 1 is 0.825 bits per heavy atom. The summed E-state index contributed by atoms with van der Waals surface area (Å²) >= 11 is 0. The Hall–Kier alpha value is -3.35. The number of likely N-dealkylation sites (tertiary alicyclic amines) is 1. The van der Waals surface area contributed by atoms with Gasteiger partial charge >= 0.3 is 12.1 Å². The predicted octanol–water partition coefficient (Wildman–Crippen LogP) is 6.83. The van der Waals surface area contributed by atoms with Crippen LogP contribution in [0.1, 0.15) is 99.5 Å². The van der Waals surface area contributed by atoms with Gasteiger partial charge in [0.05, 0.1) is 18.6 Å². The van der Waals surface area contributed by atoms with Crippen molar-refractivity contribution in [3.63, 3.8) is 0 Å². The van der Waals surface area contributed by atoms with E-state index in [1.807, 2.05) is 54.6 Å². The number of nitrogens with zero attached hydrogens (tertiary/aromatic N) is 1. The molecule has 2 amide bonds. The highest BCUT2D eigenvalue weighted by atomic mass is 16.6. The van der Waals surface area contributed by atoms with Crippen molar-refractivity contribution in [3.05, 3.63) is 71.3 Å². The highest BCUT2D eigenvalue weighted by Crippen LogP contribution is 2.27. The zero-order valence-corrected chi connectivity index (χ0v) is 24.3. The minimum atomic E-state index is -0.912. The van der Waals surface area contributed by atoms with E-state index in [9.17, 15) is 14.4 Å². The summed E-state index contributed by atoms with van der Waals surface area (Å²) in [5, 5.41) is 3.07. The number of nitrogens with one attached hydrogen (secondary N) is 1. The normalized spacial score (nSPS) is 16.5. The average Bonchev–Trinajstić information content (AvgIpc) is 3.37. The summed E-state index contributed by atoms with van der Waals surface area (Å²) in [5.74, 6) is -0.662. The molecule has 1 aliphatic heterocycles. The first-order valence-electron chi connectivity index (χ1n) is 15.0. The molecule has 1 unspecified atom stereocenters. The number of amides is 2. The van der Waals surface area contributed by atoms with Crippen LogP contribution in [0.25, 0.3) is 0 Å². The second kappa shape index (κ2) is 16.7. The van der Waals surface area contributed by atoms with Crippen LogP contribution in [0.5, 0.6) is 0 Å². The zero-order valence-electron chi connectivity index (χ0n) is 24.3. The van der Waals surface area contributed by atoms with Gasteiger partial charge in [-0.3, -0.25) is 9.59 Å². The molecule has 218 valence electrons. The summed E-state index contributed by atoms with van der Waals surface area (Å²) in [6, 6.07) is 17.2. The fourth-order valence-electron chi connectivity index (χ4n) is 5.22. The summed E-state index contributed by atoms with van der Waals surface area (Å²) in [7, 11) is 0. The number of aryl methyl sites for hydroxylation is 1. The Kier molecular flexibility index (Phi) is 13.0. The molecule has 0 spiro atoms. The molecule has 0 saturated carbocycles. The first-order valence-corrected chi connectivity index (χ1v) is 15.0. The van der Waals surface area contributed by atoms with Gasteiger partial charge in [-0.2, -0.15) is 0 Å². The van der Waals surface area contributed by atoms with Gasteiger partial charge in [-0.15, -0.1) is 0 Å². The Morgan fingerprint density at radius 2 is 1.50 bits per heavy atom. The van der Waals surface area contributed by atoms with Crippen molar-refractivity contribution in [2.24, 2.45) is 0 Å². The molecule has 3 rings (SSSR count). The van der Waals surface area contributed by atoms with Gasteiger partial charge in [0.2, 0.25) is 0 Å². The van der Waals surface area contributed by atoms with Gasteiger partial charge in [0, 0.05) is 18.7 Å². The van der Waals surface area contributed by atoms with E-state index < -0.39 is 17.6 Å². The van der Waals surface area contributed by atoms with Gasteiger partial charge in [-0.25, -0.2) is 4.79 Å². The molecule has 0 bridgehead atoms. The lowest BCUT2D eigenvalue weighted by Crippen LogP contribution is -2.52. The van der Waals surface area contributed by atoms with Crippen LogP contribution in [-0.2, 0) is 27.3 Å². The molecule has 2 aromatic rings. The fourth-order valence-corrected chi connectivity index (χ4v) is 5.22. The third-order valence-corrected chi connectivity index (χ3v) is 7.52. The second-order valence-electron chi connectivity index (χ2n) is 10.8. The smallest absolute Gasteiger partial charge is 0.410 e. The molecule has 0 radical (unpaired) electrons. The standard InChI is InChI=1S/C33H46N2O5/c1-3-5-6-7-8-9-10-12-15-27-18-20-29(21-19-27)31(37)34-33(24-30(36)39-4-2)22-23-35(26-33)32(38)40-25-28-16-13-11-14-17-28/h11,13-14,16-21H,3-10,12,15,22-26H2,1-2H3,(H,34,37). The molecular weight excluding hydrogens is 504 g/mol. The summed E-state index contributed by atoms with van der Waals surface area (Å²) in [5.41, 5.74) is 1.74. The van der Waals surface area contributed by atoms with Crippen molar-refractivity contribution in [2.75, 3.05) is 19.7 Å². The van der Waals surface area contributed by atoms with Gasteiger partial charge < -0.3 is 19.7 Å². The maximum Gasteiger partial charge on any atom is 0.410 e. The first-order chi connectivity index (χ1) is 19.4. The molecule has 1 heterocycles. The van der Waals surface area contributed by atoms with Gasteiger partial charge in [0.25, 0.3) is 5.91 Å². The summed E-state index contributed by atoms with van der Waals surface area (Å²) < 4.78 is 10.7. The van der Waals surface area contributed by atoms with Crippen molar-refractivity contribution in [2.45, 2.75) is 96.6 Å². The molecule has 1 aliphatic rings. The lowest BCUT2D eigenvalue weighted by molar-refractivity contribution is -0.144. The molecule has 1 atom stereocenters. The van der Waals surface area contributed by atoms with Gasteiger partial charge in [-0.1, -0.05) is 94.3 Å². The maximum absolute atomic E-state index is 13.3. The maximum atomic E-state index is 13.3. The number of carbonyl (C=O) groups excluding carboxylic acids is 3. The van der Waals surface area contributed by atoms with Gasteiger partial charge in [0.15, 0.2) is 0 Å². The van der Waals surface area contributed by atoms with Crippen LogP contribution in [0.2, 0.25) is 0 Å². The molecular formula is C33H46N2O5. The summed E-state index contributed by atoms with van der Waals surface area (Å²) in [6.45, 7) is 4.98. The van der Waals surface area contributed by atoms with Crippen molar-refractivity contribution in [1.82, 2.24) is 10.2 Å². The minimum Gasteiger partial charge on any atom is -0.466 e. The zero-order chi connectivity index (χ0) is 28.6. The SMILES string of the molecule is CCCCCCCCCCc1ccc(C(=O)NC2(CC(=O)OCC)CCN(C(=O)OCc3ccccc3)C2)cc1. The van der Waals surface area contributed by atoms with E-state index in [2.05, 4.69) is 12.2 Å². The van der Waals surface area contributed by atoms with Crippen LogP contribution in [0.3, 0.4) is 0 Å². The van der Waals surface area contributed by atoms with E-state index in [0.29, 0.717) is 18.5 Å². The molecule has 0 aromatic heterocycles. The second-order valence-corrected chi connectivity index (χ2v) is 10.8. The lowest BCUT2D eigenvalue weighted by Gasteiger charge is -2.29. The molecule has 1 fully saturated rings. The third-order valence-electron chi connectivity index (χ3n) is 7.52. The van der Waals surface area contributed by atoms with Crippen LogP contribution in [0.4, 0.5) is 4.79 Å². The third kappa shape index (κ3) is 10.3. The van der Waals surface area contributed by atoms with Crippen LogP contribution < -0.4 is 5.32 Å². The van der Waals surface area contributed by atoms with Crippen molar-refractivity contribution >= 4 is 18.0 Å². The van der Waals surface area contributed by atoms with Crippen molar-refractivity contribution < 1.29 is 23.9 Å². The number of esters is 1. The van der Waals surface area contributed by atoms with E-state index >= 15 is 0 Å². The van der Waals surface area contributed by atoms with Crippen molar-refractivity contribution in [3.8, 4) is 0 Å². The first kappa shape index (κ1) is 31.2. The van der Waals surface area contributed by atoms with E-state index in [1.165, 1.54) is 50.5 Å². The van der Waals surface area contributed by atoms with E-state index in [1.54, 1.807) is 11.8 Å². The number of ether oxygens (including phenoxy) is 2. The Balaban J connectivity index is 1.53. The number of rotatable bonds is 16. The number of benzene rings is 2. The van der Waals surface area contributed by atoms with Crippen LogP contribution >= 0.6 is 0 Å². The highest BCUT2D eigenvalue weighted by molar-refractivity contribution is 5.95. The largest absolute Gasteiger partial charge is 0.466 e. The predicted molar refractivity (Wildman–Crippen MR) is 157 cm³/mol.